The number of primary amides is 1. The van der Waals surface area contributed by atoms with E-state index in [9.17, 15) is 4.79 Å². The second-order valence-electron chi connectivity index (χ2n) is 4.42. The molecule has 1 fully saturated rings. The fraction of sp³-hybridized carbons (Fsp3) is 0.917. The minimum atomic E-state index is -0.182. The minimum Gasteiger partial charge on any atom is -0.379 e. The van der Waals surface area contributed by atoms with Crippen LogP contribution in [0.4, 0.5) is 0 Å². The monoisotopic (exact) mass is 228 g/mol. The van der Waals surface area contributed by atoms with Gasteiger partial charge in [-0.15, -0.1) is 0 Å². The fourth-order valence-corrected chi connectivity index (χ4v) is 2.16. The van der Waals surface area contributed by atoms with Crippen LogP contribution in [0.25, 0.3) is 0 Å². The summed E-state index contributed by atoms with van der Waals surface area (Å²) >= 11 is 0. The van der Waals surface area contributed by atoms with Crippen LogP contribution in [0, 0.1) is 0 Å². The maximum absolute atomic E-state index is 11.4. The summed E-state index contributed by atoms with van der Waals surface area (Å²) in [6.45, 7) is 5.30. The Balaban J connectivity index is 2.31. The third kappa shape index (κ3) is 4.49. The molecule has 0 aromatic heterocycles. The zero-order valence-electron chi connectivity index (χ0n) is 10.3. The summed E-state index contributed by atoms with van der Waals surface area (Å²) in [4.78, 5) is 13.6. The maximum atomic E-state index is 11.4. The predicted octanol–water partition coefficient (Wildman–Crippen LogP) is 1.14. The molecule has 2 N–H and O–H groups in total. The van der Waals surface area contributed by atoms with Crippen molar-refractivity contribution in [3.05, 3.63) is 0 Å². The van der Waals surface area contributed by atoms with Gasteiger partial charge in [-0.1, -0.05) is 32.6 Å². The molecule has 1 saturated heterocycles. The zero-order valence-corrected chi connectivity index (χ0v) is 10.3. The quantitative estimate of drug-likeness (QED) is 0.665. The zero-order chi connectivity index (χ0) is 11.8. The number of carbonyl (C=O) groups is 1. The van der Waals surface area contributed by atoms with Crippen molar-refractivity contribution in [2.45, 2.75) is 45.1 Å². The van der Waals surface area contributed by atoms with E-state index in [0.717, 1.165) is 39.1 Å². The Morgan fingerprint density at radius 2 is 2.00 bits per heavy atom. The highest BCUT2D eigenvalue weighted by molar-refractivity contribution is 5.79. The van der Waals surface area contributed by atoms with E-state index in [-0.39, 0.29) is 11.9 Å². The summed E-state index contributed by atoms with van der Waals surface area (Å²) in [6.07, 6.45) is 5.66. The smallest absolute Gasteiger partial charge is 0.234 e. The average molecular weight is 228 g/mol. The lowest BCUT2D eigenvalue weighted by molar-refractivity contribution is -0.125. The minimum absolute atomic E-state index is 0.0826. The van der Waals surface area contributed by atoms with Crippen molar-refractivity contribution in [3.63, 3.8) is 0 Å². The van der Waals surface area contributed by atoms with Crippen LogP contribution in [-0.4, -0.2) is 43.2 Å². The van der Waals surface area contributed by atoms with E-state index in [0.29, 0.717) is 0 Å². The Labute approximate surface area is 98.1 Å². The van der Waals surface area contributed by atoms with Crippen molar-refractivity contribution in [2.24, 2.45) is 5.73 Å². The van der Waals surface area contributed by atoms with Crippen LogP contribution in [0.2, 0.25) is 0 Å². The number of carbonyl (C=O) groups excluding carboxylic acids is 1. The van der Waals surface area contributed by atoms with E-state index in [1.165, 1.54) is 19.3 Å². The van der Waals surface area contributed by atoms with Gasteiger partial charge >= 0.3 is 0 Å². The lowest BCUT2D eigenvalue weighted by atomic mass is 10.1. The van der Waals surface area contributed by atoms with Crippen molar-refractivity contribution in [2.75, 3.05) is 26.3 Å². The molecule has 1 atom stereocenters. The molecule has 0 aromatic rings. The standard InChI is InChI=1S/C12H24N2O2/c1-2-3-4-5-6-11(12(13)15)14-7-9-16-10-8-14/h11H,2-10H2,1H3,(H2,13,15). The Morgan fingerprint density at radius 1 is 1.31 bits per heavy atom. The average Bonchev–Trinajstić information content (AvgIpc) is 2.30. The molecule has 1 heterocycles. The molecular formula is C12H24N2O2. The van der Waals surface area contributed by atoms with E-state index in [4.69, 9.17) is 10.5 Å². The molecule has 1 aliphatic rings. The van der Waals surface area contributed by atoms with Crippen LogP contribution < -0.4 is 5.73 Å². The highest BCUT2D eigenvalue weighted by atomic mass is 16.5. The summed E-state index contributed by atoms with van der Waals surface area (Å²) < 4.78 is 5.28. The van der Waals surface area contributed by atoms with Gasteiger partial charge in [0.25, 0.3) is 0 Å². The molecule has 0 saturated carbocycles. The van der Waals surface area contributed by atoms with Crippen LogP contribution >= 0.6 is 0 Å². The van der Waals surface area contributed by atoms with E-state index in [1.54, 1.807) is 0 Å². The van der Waals surface area contributed by atoms with Gasteiger partial charge in [0.15, 0.2) is 0 Å². The van der Waals surface area contributed by atoms with Gasteiger partial charge in [-0.2, -0.15) is 0 Å². The summed E-state index contributed by atoms with van der Waals surface area (Å²) in [5, 5.41) is 0. The first-order chi connectivity index (χ1) is 7.75. The largest absolute Gasteiger partial charge is 0.379 e. The molecule has 0 aliphatic carbocycles. The van der Waals surface area contributed by atoms with Crippen molar-refractivity contribution < 1.29 is 9.53 Å². The van der Waals surface area contributed by atoms with E-state index in [1.807, 2.05) is 0 Å². The molecule has 1 rings (SSSR count). The van der Waals surface area contributed by atoms with Gasteiger partial charge in [-0.05, 0) is 6.42 Å². The molecule has 16 heavy (non-hydrogen) atoms. The lowest BCUT2D eigenvalue weighted by Crippen LogP contribution is -2.49. The number of ether oxygens (including phenoxy) is 1. The van der Waals surface area contributed by atoms with Crippen molar-refractivity contribution in [1.82, 2.24) is 4.90 Å². The SMILES string of the molecule is CCCCCCC(C(N)=O)N1CCOCC1. The van der Waals surface area contributed by atoms with Crippen LogP contribution in [0.5, 0.6) is 0 Å². The van der Waals surface area contributed by atoms with Crippen LogP contribution in [-0.2, 0) is 9.53 Å². The number of unbranched alkanes of at least 4 members (excludes halogenated alkanes) is 3. The number of morpholine rings is 1. The van der Waals surface area contributed by atoms with Crippen molar-refractivity contribution >= 4 is 5.91 Å². The molecule has 94 valence electrons. The fourth-order valence-electron chi connectivity index (χ4n) is 2.16. The van der Waals surface area contributed by atoms with Crippen LogP contribution in [0.1, 0.15) is 39.0 Å². The number of amides is 1. The topological polar surface area (TPSA) is 55.6 Å². The molecular weight excluding hydrogens is 204 g/mol. The molecule has 4 nitrogen and oxygen atoms in total. The molecule has 0 radical (unpaired) electrons. The first kappa shape index (κ1) is 13.5. The van der Waals surface area contributed by atoms with Crippen molar-refractivity contribution in [3.8, 4) is 0 Å². The van der Waals surface area contributed by atoms with Gasteiger partial charge < -0.3 is 10.5 Å². The first-order valence-electron chi connectivity index (χ1n) is 6.36. The van der Waals surface area contributed by atoms with Gasteiger partial charge in [0, 0.05) is 13.1 Å². The first-order valence-corrected chi connectivity index (χ1v) is 6.36. The normalized spacial score (nSPS) is 19.6. The summed E-state index contributed by atoms with van der Waals surface area (Å²) in [7, 11) is 0. The number of rotatable bonds is 7. The van der Waals surface area contributed by atoms with E-state index >= 15 is 0 Å². The molecule has 0 bridgehead atoms. The van der Waals surface area contributed by atoms with Crippen LogP contribution in [0.15, 0.2) is 0 Å². The number of hydrogen-bond acceptors (Lipinski definition) is 3. The van der Waals surface area contributed by atoms with Gasteiger partial charge in [-0.25, -0.2) is 0 Å². The summed E-state index contributed by atoms with van der Waals surface area (Å²) in [5.74, 6) is -0.182. The molecule has 0 aromatic carbocycles. The third-order valence-corrected chi connectivity index (χ3v) is 3.15. The van der Waals surface area contributed by atoms with Gasteiger partial charge in [0.1, 0.15) is 0 Å². The van der Waals surface area contributed by atoms with E-state index < -0.39 is 0 Å². The van der Waals surface area contributed by atoms with Gasteiger partial charge in [0.2, 0.25) is 5.91 Å². The van der Waals surface area contributed by atoms with Gasteiger partial charge in [0.05, 0.1) is 19.3 Å². The summed E-state index contributed by atoms with van der Waals surface area (Å²) in [5.41, 5.74) is 5.46. The molecule has 1 aliphatic heterocycles. The third-order valence-electron chi connectivity index (χ3n) is 3.15. The molecule has 1 unspecified atom stereocenters. The number of hydrogen-bond donors (Lipinski definition) is 1. The Hall–Kier alpha value is -0.610. The van der Waals surface area contributed by atoms with Crippen LogP contribution in [0.3, 0.4) is 0 Å². The maximum Gasteiger partial charge on any atom is 0.234 e. The second-order valence-corrected chi connectivity index (χ2v) is 4.42. The number of nitrogens with two attached hydrogens (primary N) is 1. The van der Waals surface area contributed by atoms with E-state index in [2.05, 4.69) is 11.8 Å². The highest BCUT2D eigenvalue weighted by Crippen LogP contribution is 2.12. The summed E-state index contributed by atoms with van der Waals surface area (Å²) in [6, 6.07) is -0.0826. The predicted molar refractivity (Wildman–Crippen MR) is 64.1 cm³/mol. The number of nitrogens with zero attached hydrogens (tertiary/aromatic N) is 1. The second kappa shape index (κ2) is 7.63. The molecule has 4 heteroatoms. The lowest BCUT2D eigenvalue weighted by Gasteiger charge is -2.32. The van der Waals surface area contributed by atoms with Crippen molar-refractivity contribution in [1.29, 1.82) is 0 Å². The highest BCUT2D eigenvalue weighted by Gasteiger charge is 2.24. The van der Waals surface area contributed by atoms with Gasteiger partial charge in [-0.3, -0.25) is 9.69 Å². The Bertz CT molecular complexity index is 203. The molecule has 0 spiro atoms. The molecule has 1 amide bonds. The Kier molecular flexibility index (Phi) is 6.42. The Morgan fingerprint density at radius 3 is 2.56 bits per heavy atom.